The molecule has 1 saturated heterocycles. The number of nitrogens with zero attached hydrogens (tertiary/aromatic N) is 2. The first-order chi connectivity index (χ1) is 10.1. The Morgan fingerprint density at radius 2 is 1.90 bits per heavy atom. The van der Waals surface area contributed by atoms with Crippen LogP contribution in [0.2, 0.25) is 5.02 Å². The Kier molecular flexibility index (Phi) is 5.18. The molecule has 1 aromatic rings. The van der Waals surface area contributed by atoms with Crippen LogP contribution in [0, 0.1) is 17.2 Å². The molecule has 6 heteroatoms. The molecule has 5 nitrogen and oxygen atoms in total. The number of carbonyl (C=O) groups excluding carboxylic acids is 2. The highest BCUT2D eigenvalue weighted by Gasteiger charge is 2.32. The highest BCUT2D eigenvalue weighted by Crippen LogP contribution is 2.17. The molecule has 1 aliphatic rings. The van der Waals surface area contributed by atoms with Crippen LogP contribution in [0.5, 0.6) is 5.75 Å². The molecule has 1 heterocycles. The molecule has 0 saturated carbocycles. The fraction of sp³-hybridized carbons (Fsp3) is 0.400. The normalized spacial score (nSPS) is 15.3. The molecule has 1 fully saturated rings. The highest BCUT2D eigenvalue weighted by atomic mass is 35.5. The van der Waals surface area contributed by atoms with Crippen molar-refractivity contribution in [3.05, 3.63) is 29.3 Å². The number of ether oxygens (including phenoxy) is 1. The zero-order valence-corrected chi connectivity index (χ0v) is 12.2. The van der Waals surface area contributed by atoms with Gasteiger partial charge < -0.3 is 9.64 Å². The number of halogens is 1. The van der Waals surface area contributed by atoms with Crippen molar-refractivity contribution in [1.29, 1.82) is 5.26 Å². The average Bonchev–Trinajstić information content (AvgIpc) is 3.01. The minimum absolute atomic E-state index is 0.306. The maximum Gasteiger partial charge on any atom is 0.247 e. The average molecular weight is 307 g/mol. The van der Waals surface area contributed by atoms with Gasteiger partial charge in [-0.05, 0) is 37.1 Å². The van der Waals surface area contributed by atoms with E-state index in [9.17, 15) is 9.59 Å². The van der Waals surface area contributed by atoms with Gasteiger partial charge in [-0.2, -0.15) is 5.26 Å². The quantitative estimate of drug-likeness (QED) is 0.781. The van der Waals surface area contributed by atoms with Crippen LogP contribution in [0.15, 0.2) is 24.3 Å². The monoisotopic (exact) mass is 306 g/mol. The van der Waals surface area contributed by atoms with Crippen molar-refractivity contribution < 1.29 is 14.3 Å². The van der Waals surface area contributed by atoms with Crippen molar-refractivity contribution in [3.63, 3.8) is 0 Å². The van der Waals surface area contributed by atoms with Crippen LogP contribution in [0.1, 0.15) is 12.8 Å². The summed E-state index contributed by atoms with van der Waals surface area (Å²) in [6.45, 7) is 0.921. The number of rotatable bonds is 5. The first kappa shape index (κ1) is 15.3. The Bertz CT molecular complexity index is 559. The van der Waals surface area contributed by atoms with Gasteiger partial charge in [0.25, 0.3) is 0 Å². The molecule has 1 amide bonds. The van der Waals surface area contributed by atoms with Crippen molar-refractivity contribution in [2.75, 3.05) is 19.7 Å². The van der Waals surface area contributed by atoms with Crippen LogP contribution in [-0.2, 0) is 9.59 Å². The Morgan fingerprint density at radius 1 is 1.29 bits per heavy atom. The van der Waals surface area contributed by atoms with E-state index in [0.29, 0.717) is 23.9 Å². The topological polar surface area (TPSA) is 70.4 Å². The standard InChI is InChI=1S/C15H15ClN2O3/c16-11-3-5-12(6-4-11)21-10-14(19)13(9-17)15(20)18-7-1-2-8-18/h3-6,13H,1-2,7-8,10H2. The maximum atomic E-state index is 12.1. The molecule has 0 bridgehead atoms. The second kappa shape index (κ2) is 7.09. The zero-order valence-electron chi connectivity index (χ0n) is 11.4. The van der Waals surface area contributed by atoms with Gasteiger partial charge in [0.05, 0.1) is 6.07 Å². The number of nitriles is 1. The third-order valence-corrected chi connectivity index (χ3v) is 3.56. The lowest BCUT2D eigenvalue weighted by atomic mass is 10.1. The van der Waals surface area contributed by atoms with Crippen LogP contribution in [0.3, 0.4) is 0 Å². The van der Waals surface area contributed by atoms with E-state index in [4.69, 9.17) is 21.6 Å². The molecule has 110 valence electrons. The summed E-state index contributed by atoms with van der Waals surface area (Å²) in [5.74, 6) is -1.75. The minimum atomic E-state index is -1.28. The number of benzene rings is 1. The first-order valence-electron chi connectivity index (χ1n) is 6.71. The Hall–Kier alpha value is -2.06. The van der Waals surface area contributed by atoms with Crippen LogP contribution in [0.4, 0.5) is 0 Å². The van der Waals surface area contributed by atoms with Crippen molar-refractivity contribution in [2.24, 2.45) is 5.92 Å². The van der Waals surface area contributed by atoms with E-state index >= 15 is 0 Å². The van der Waals surface area contributed by atoms with Crippen LogP contribution in [0.25, 0.3) is 0 Å². The number of ketones is 1. The lowest BCUT2D eigenvalue weighted by Gasteiger charge is -2.18. The van der Waals surface area contributed by atoms with Crippen molar-refractivity contribution in [1.82, 2.24) is 4.90 Å². The lowest BCUT2D eigenvalue weighted by molar-refractivity contribution is -0.138. The summed E-state index contributed by atoms with van der Waals surface area (Å²) in [6, 6.07) is 8.31. The molecule has 0 spiro atoms. The van der Waals surface area contributed by atoms with Gasteiger partial charge in [-0.15, -0.1) is 0 Å². The summed E-state index contributed by atoms with van der Waals surface area (Å²) in [4.78, 5) is 25.6. The maximum absolute atomic E-state index is 12.1. The largest absolute Gasteiger partial charge is 0.486 e. The summed E-state index contributed by atoms with van der Waals surface area (Å²) in [5.41, 5.74) is 0. The number of Topliss-reactive ketones (excluding diaryl/α,β-unsaturated/α-hetero) is 1. The van der Waals surface area contributed by atoms with Gasteiger partial charge in [-0.25, -0.2) is 0 Å². The number of hydrogen-bond acceptors (Lipinski definition) is 4. The van der Waals surface area contributed by atoms with Crippen molar-refractivity contribution in [3.8, 4) is 11.8 Å². The fourth-order valence-corrected chi connectivity index (χ4v) is 2.28. The van der Waals surface area contributed by atoms with Crippen LogP contribution < -0.4 is 4.74 Å². The van der Waals surface area contributed by atoms with Gasteiger partial charge >= 0.3 is 0 Å². The third kappa shape index (κ3) is 3.96. The molecule has 21 heavy (non-hydrogen) atoms. The third-order valence-electron chi connectivity index (χ3n) is 3.31. The van der Waals surface area contributed by atoms with Gasteiger partial charge in [-0.3, -0.25) is 9.59 Å². The Balaban J connectivity index is 1.92. The van der Waals surface area contributed by atoms with Gasteiger partial charge in [0.1, 0.15) is 12.4 Å². The summed E-state index contributed by atoms with van der Waals surface area (Å²) in [6.07, 6.45) is 1.83. The molecule has 0 N–H and O–H groups in total. The van der Waals surface area contributed by atoms with Crippen LogP contribution >= 0.6 is 11.6 Å². The van der Waals surface area contributed by atoms with Crippen LogP contribution in [-0.4, -0.2) is 36.3 Å². The van der Waals surface area contributed by atoms with Gasteiger partial charge in [0.2, 0.25) is 5.91 Å². The molecule has 1 atom stereocenters. The summed E-state index contributed by atoms with van der Waals surface area (Å²) < 4.78 is 5.29. The van der Waals surface area contributed by atoms with Crippen molar-refractivity contribution >= 4 is 23.3 Å². The molecule has 1 unspecified atom stereocenters. The molecular formula is C15H15ClN2O3. The number of carbonyl (C=O) groups is 2. The predicted octanol–water partition coefficient (Wildman–Crippen LogP) is 2.05. The van der Waals surface area contributed by atoms with E-state index in [2.05, 4.69) is 0 Å². The van der Waals surface area contributed by atoms with Gasteiger partial charge in [0, 0.05) is 18.1 Å². The van der Waals surface area contributed by atoms with E-state index in [-0.39, 0.29) is 6.61 Å². The lowest BCUT2D eigenvalue weighted by Crippen LogP contribution is -2.38. The predicted molar refractivity (Wildman–Crippen MR) is 76.9 cm³/mol. The van der Waals surface area contributed by atoms with E-state index in [1.54, 1.807) is 35.2 Å². The van der Waals surface area contributed by atoms with Gasteiger partial charge in [0.15, 0.2) is 11.7 Å². The molecule has 0 aliphatic carbocycles. The summed E-state index contributed by atoms with van der Waals surface area (Å²) in [5, 5.41) is 9.63. The first-order valence-corrected chi connectivity index (χ1v) is 7.09. The Morgan fingerprint density at radius 3 is 2.48 bits per heavy atom. The summed E-state index contributed by atoms with van der Waals surface area (Å²) in [7, 11) is 0. The smallest absolute Gasteiger partial charge is 0.247 e. The zero-order chi connectivity index (χ0) is 15.2. The van der Waals surface area contributed by atoms with Crippen molar-refractivity contribution in [2.45, 2.75) is 12.8 Å². The van der Waals surface area contributed by atoms with E-state index in [1.165, 1.54) is 0 Å². The summed E-state index contributed by atoms with van der Waals surface area (Å²) >= 11 is 5.75. The minimum Gasteiger partial charge on any atom is -0.486 e. The SMILES string of the molecule is N#CC(C(=O)COc1ccc(Cl)cc1)C(=O)N1CCCC1. The van der Waals surface area contributed by atoms with E-state index in [1.807, 2.05) is 0 Å². The van der Waals surface area contributed by atoms with E-state index < -0.39 is 17.6 Å². The van der Waals surface area contributed by atoms with E-state index in [0.717, 1.165) is 12.8 Å². The molecule has 2 rings (SSSR count). The molecule has 0 radical (unpaired) electrons. The number of likely N-dealkylation sites (tertiary alicyclic amines) is 1. The number of amides is 1. The second-order valence-corrected chi connectivity index (χ2v) is 5.24. The second-order valence-electron chi connectivity index (χ2n) is 4.80. The fourth-order valence-electron chi connectivity index (χ4n) is 2.15. The molecule has 0 aromatic heterocycles. The molecular weight excluding hydrogens is 292 g/mol. The Labute approximate surface area is 128 Å². The molecule has 1 aliphatic heterocycles. The van der Waals surface area contributed by atoms with Gasteiger partial charge in [-0.1, -0.05) is 11.6 Å². The number of hydrogen-bond donors (Lipinski definition) is 0. The highest BCUT2D eigenvalue weighted by molar-refractivity contribution is 6.30. The molecule has 1 aromatic carbocycles.